The van der Waals surface area contributed by atoms with Gasteiger partial charge in [-0.2, -0.15) is 0 Å². The summed E-state index contributed by atoms with van der Waals surface area (Å²) in [5.41, 5.74) is 2.13. The second-order valence-electron chi connectivity index (χ2n) is 7.25. The molecule has 2 aromatic carbocycles. The van der Waals surface area contributed by atoms with E-state index >= 15 is 0 Å². The van der Waals surface area contributed by atoms with E-state index in [1.54, 1.807) is 14.0 Å². The maximum Gasteiger partial charge on any atom is 0.271 e. The maximum atomic E-state index is 12.8. The number of amides is 1. The highest BCUT2D eigenvalue weighted by molar-refractivity contribution is 7.92. The minimum absolute atomic E-state index is 0.0974. The molecule has 0 saturated carbocycles. The molecule has 0 bridgehead atoms. The minimum atomic E-state index is -3.87. The lowest BCUT2D eigenvalue weighted by atomic mass is 10.0. The van der Waals surface area contributed by atoms with Gasteiger partial charge in [-0.05, 0) is 43.0 Å². The van der Waals surface area contributed by atoms with Crippen LogP contribution in [0.4, 0.5) is 11.4 Å². The SMILES string of the molecule is CC[C@@H](NC(=O)CN(c1cc([N+](=O)[O-])ccc1C)S(C)(=O)=O)c1ccc(OC)c(C)c1. The molecule has 9 nitrogen and oxygen atoms in total. The summed E-state index contributed by atoms with van der Waals surface area (Å²) >= 11 is 0. The van der Waals surface area contributed by atoms with Crippen molar-refractivity contribution in [3.05, 3.63) is 63.2 Å². The number of nitrogens with one attached hydrogen (secondary N) is 1. The number of hydrogen-bond acceptors (Lipinski definition) is 6. The van der Waals surface area contributed by atoms with Gasteiger partial charge in [0.05, 0.1) is 30.0 Å². The molecule has 0 fully saturated rings. The number of aryl methyl sites for hydroxylation is 2. The van der Waals surface area contributed by atoms with Gasteiger partial charge in [0.25, 0.3) is 5.69 Å². The molecule has 0 radical (unpaired) electrons. The van der Waals surface area contributed by atoms with Gasteiger partial charge in [-0.15, -0.1) is 0 Å². The van der Waals surface area contributed by atoms with Crippen LogP contribution < -0.4 is 14.4 Å². The molecule has 168 valence electrons. The van der Waals surface area contributed by atoms with Gasteiger partial charge in [-0.25, -0.2) is 8.42 Å². The molecule has 0 aliphatic carbocycles. The number of hydrogen-bond donors (Lipinski definition) is 1. The van der Waals surface area contributed by atoms with Gasteiger partial charge >= 0.3 is 0 Å². The lowest BCUT2D eigenvalue weighted by Gasteiger charge is -2.25. The number of anilines is 1. The number of carbonyl (C=O) groups excluding carboxylic acids is 1. The third kappa shape index (κ3) is 5.94. The van der Waals surface area contributed by atoms with E-state index in [1.165, 1.54) is 12.1 Å². The van der Waals surface area contributed by atoms with Gasteiger partial charge in [0.1, 0.15) is 12.3 Å². The van der Waals surface area contributed by atoms with Crippen molar-refractivity contribution < 1.29 is 22.9 Å². The molecule has 0 spiro atoms. The van der Waals surface area contributed by atoms with Gasteiger partial charge < -0.3 is 10.1 Å². The molecule has 0 unspecified atom stereocenters. The smallest absolute Gasteiger partial charge is 0.271 e. The Morgan fingerprint density at radius 2 is 1.87 bits per heavy atom. The summed E-state index contributed by atoms with van der Waals surface area (Å²) in [7, 11) is -2.29. The van der Waals surface area contributed by atoms with E-state index in [2.05, 4.69) is 5.32 Å². The van der Waals surface area contributed by atoms with Crippen molar-refractivity contribution >= 4 is 27.3 Å². The third-order valence-electron chi connectivity index (χ3n) is 4.92. The lowest BCUT2D eigenvalue weighted by Crippen LogP contribution is -2.41. The number of ether oxygens (including phenoxy) is 1. The van der Waals surface area contributed by atoms with Crippen LogP contribution in [0.25, 0.3) is 0 Å². The Morgan fingerprint density at radius 3 is 2.39 bits per heavy atom. The van der Waals surface area contributed by atoms with Gasteiger partial charge in [0.15, 0.2) is 0 Å². The Kier molecular flexibility index (Phi) is 7.61. The molecule has 0 aromatic heterocycles. The number of non-ortho nitro benzene ring substituents is 1. The van der Waals surface area contributed by atoms with E-state index in [0.29, 0.717) is 12.0 Å². The quantitative estimate of drug-likeness (QED) is 0.464. The Bertz CT molecular complexity index is 1080. The predicted octanol–water partition coefficient (Wildman–Crippen LogP) is 3.25. The molecule has 0 aliphatic heterocycles. The van der Waals surface area contributed by atoms with Gasteiger partial charge in [-0.1, -0.05) is 25.1 Å². The summed E-state index contributed by atoms with van der Waals surface area (Å²) in [5, 5.41) is 14.0. The van der Waals surface area contributed by atoms with Gasteiger partial charge in [0.2, 0.25) is 15.9 Å². The molecule has 1 atom stereocenters. The minimum Gasteiger partial charge on any atom is -0.496 e. The number of methoxy groups -OCH3 is 1. The summed E-state index contributed by atoms with van der Waals surface area (Å²) in [6.45, 7) is 4.94. The highest BCUT2D eigenvalue weighted by Gasteiger charge is 2.25. The molecule has 0 aliphatic rings. The van der Waals surface area contributed by atoms with E-state index in [9.17, 15) is 23.3 Å². The molecule has 2 aromatic rings. The maximum absolute atomic E-state index is 12.8. The fraction of sp³-hybridized carbons (Fsp3) is 0.381. The first-order chi connectivity index (χ1) is 14.5. The first kappa shape index (κ1) is 24.1. The van der Waals surface area contributed by atoms with Crippen molar-refractivity contribution in [1.29, 1.82) is 0 Å². The monoisotopic (exact) mass is 449 g/mol. The van der Waals surface area contributed by atoms with E-state index in [-0.39, 0.29) is 17.4 Å². The van der Waals surface area contributed by atoms with Crippen LogP contribution in [-0.4, -0.2) is 39.2 Å². The van der Waals surface area contributed by atoms with E-state index in [4.69, 9.17) is 4.74 Å². The van der Waals surface area contributed by atoms with E-state index in [0.717, 1.165) is 33.5 Å². The number of nitro groups is 1. The summed E-state index contributed by atoms with van der Waals surface area (Å²) in [5.74, 6) is 0.214. The number of rotatable bonds is 9. The number of benzene rings is 2. The number of sulfonamides is 1. The first-order valence-corrected chi connectivity index (χ1v) is 11.5. The van der Waals surface area contributed by atoms with Crippen LogP contribution in [0.15, 0.2) is 36.4 Å². The molecule has 0 saturated heterocycles. The molecular weight excluding hydrogens is 422 g/mol. The molecule has 1 amide bonds. The van der Waals surface area contributed by atoms with Crippen LogP contribution in [0.2, 0.25) is 0 Å². The zero-order chi connectivity index (χ0) is 23.3. The van der Waals surface area contributed by atoms with Crippen molar-refractivity contribution in [2.75, 3.05) is 24.2 Å². The van der Waals surface area contributed by atoms with Gasteiger partial charge in [-0.3, -0.25) is 19.2 Å². The molecule has 10 heteroatoms. The topological polar surface area (TPSA) is 119 Å². The summed E-state index contributed by atoms with van der Waals surface area (Å²) in [4.78, 5) is 23.3. The Balaban J connectivity index is 2.30. The number of nitro benzene ring substituents is 1. The average Bonchev–Trinajstić information content (AvgIpc) is 2.69. The predicted molar refractivity (Wildman–Crippen MR) is 119 cm³/mol. The average molecular weight is 450 g/mol. The lowest BCUT2D eigenvalue weighted by molar-refractivity contribution is -0.384. The van der Waals surface area contributed by atoms with Crippen LogP contribution in [0, 0.1) is 24.0 Å². The van der Waals surface area contributed by atoms with Crippen molar-refractivity contribution in [2.45, 2.75) is 33.2 Å². The Hall–Kier alpha value is -3.14. The number of carbonyl (C=O) groups is 1. The Labute approximate surface area is 182 Å². The standard InChI is InChI=1S/C21H27N3O6S/c1-6-18(16-8-10-20(30-4)15(3)11-16)22-21(25)13-23(31(5,28)29)19-12-17(24(26)27)9-7-14(19)2/h7-12,18H,6,13H2,1-5H3,(H,22,25)/t18-/m1/s1. The summed E-state index contributed by atoms with van der Waals surface area (Å²) in [6.07, 6.45) is 1.55. The van der Waals surface area contributed by atoms with Crippen molar-refractivity contribution in [1.82, 2.24) is 5.32 Å². The number of nitrogens with zero attached hydrogens (tertiary/aromatic N) is 2. The molecule has 31 heavy (non-hydrogen) atoms. The Morgan fingerprint density at radius 1 is 1.19 bits per heavy atom. The summed E-state index contributed by atoms with van der Waals surface area (Å²) < 4.78 is 31.0. The fourth-order valence-corrected chi connectivity index (χ4v) is 4.18. The van der Waals surface area contributed by atoms with E-state index in [1.807, 2.05) is 32.0 Å². The second-order valence-corrected chi connectivity index (χ2v) is 9.16. The van der Waals surface area contributed by atoms with Crippen LogP contribution in [0.3, 0.4) is 0 Å². The molecular formula is C21H27N3O6S. The van der Waals surface area contributed by atoms with Crippen molar-refractivity contribution in [3.8, 4) is 5.75 Å². The third-order valence-corrected chi connectivity index (χ3v) is 6.05. The fourth-order valence-electron chi connectivity index (χ4n) is 3.27. The van der Waals surface area contributed by atoms with Crippen molar-refractivity contribution in [2.24, 2.45) is 0 Å². The zero-order valence-corrected chi connectivity index (χ0v) is 19.0. The second kappa shape index (κ2) is 9.78. The van der Waals surface area contributed by atoms with Crippen molar-refractivity contribution in [3.63, 3.8) is 0 Å². The largest absolute Gasteiger partial charge is 0.496 e. The highest BCUT2D eigenvalue weighted by Crippen LogP contribution is 2.28. The van der Waals surface area contributed by atoms with E-state index < -0.39 is 27.4 Å². The summed E-state index contributed by atoms with van der Waals surface area (Å²) in [6, 6.07) is 9.15. The molecule has 0 heterocycles. The molecule has 2 rings (SSSR count). The van der Waals surface area contributed by atoms with Crippen LogP contribution >= 0.6 is 0 Å². The molecule has 1 N–H and O–H groups in total. The highest BCUT2D eigenvalue weighted by atomic mass is 32.2. The normalized spacial score (nSPS) is 12.2. The zero-order valence-electron chi connectivity index (χ0n) is 18.2. The van der Waals surface area contributed by atoms with Gasteiger partial charge in [0, 0.05) is 12.1 Å². The van der Waals surface area contributed by atoms with Crippen LogP contribution in [-0.2, 0) is 14.8 Å². The van der Waals surface area contributed by atoms with Crippen LogP contribution in [0.1, 0.15) is 36.1 Å². The first-order valence-electron chi connectivity index (χ1n) is 9.64. The van der Waals surface area contributed by atoms with Crippen LogP contribution in [0.5, 0.6) is 5.75 Å².